The van der Waals surface area contributed by atoms with Crippen LogP contribution in [-0.4, -0.2) is 18.1 Å². The van der Waals surface area contributed by atoms with Crippen LogP contribution in [0.5, 0.6) is 0 Å². The Hall–Kier alpha value is -2.53. The van der Waals surface area contributed by atoms with Gasteiger partial charge >= 0.3 is 12.0 Å². The summed E-state index contributed by atoms with van der Waals surface area (Å²) in [5.74, 6) is -0.522. The Morgan fingerprint density at radius 1 is 1.04 bits per heavy atom. The Morgan fingerprint density at radius 2 is 1.74 bits per heavy atom. The van der Waals surface area contributed by atoms with Gasteiger partial charge in [-0.2, -0.15) is 0 Å². The summed E-state index contributed by atoms with van der Waals surface area (Å²) < 4.78 is 5.16. The molecule has 0 aliphatic heterocycles. The standard InChI is InChI=1S/C17H17ClN2O3/c1-11(2)23-16(21)14-9-8-12(18)10-15(14)20-17(22)19-13-6-4-3-5-7-13/h3-11H,1-2H3,(H2,19,20,22). The molecule has 0 unspecified atom stereocenters. The minimum atomic E-state index is -0.522. The number of anilines is 2. The number of ether oxygens (including phenoxy) is 1. The van der Waals surface area contributed by atoms with Crippen molar-refractivity contribution in [3.8, 4) is 0 Å². The van der Waals surface area contributed by atoms with Crippen molar-refractivity contribution in [1.82, 2.24) is 0 Å². The van der Waals surface area contributed by atoms with Gasteiger partial charge in [-0.25, -0.2) is 9.59 Å². The maximum atomic E-state index is 12.1. The molecular weight excluding hydrogens is 316 g/mol. The lowest BCUT2D eigenvalue weighted by Gasteiger charge is -2.13. The van der Waals surface area contributed by atoms with Crippen LogP contribution < -0.4 is 10.6 Å². The van der Waals surface area contributed by atoms with E-state index in [1.165, 1.54) is 12.1 Å². The predicted octanol–water partition coefficient (Wildman–Crippen LogP) is 4.55. The summed E-state index contributed by atoms with van der Waals surface area (Å²) in [7, 11) is 0. The van der Waals surface area contributed by atoms with Gasteiger partial charge in [-0.15, -0.1) is 0 Å². The zero-order valence-electron chi connectivity index (χ0n) is 12.8. The van der Waals surface area contributed by atoms with Crippen LogP contribution in [0.3, 0.4) is 0 Å². The minimum Gasteiger partial charge on any atom is -0.459 e. The highest BCUT2D eigenvalue weighted by Gasteiger charge is 2.16. The Kier molecular flexibility index (Phi) is 5.60. The van der Waals surface area contributed by atoms with Gasteiger partial charge in [0.05, 0.1) is 17.4 Å². The van der Waals surface area contributed by atoms with E-state index in [0.717, 1.165) is 0 Å². The second kappa shape index (κ2) is 7.65. The van der Waals surface area contributed by atoms with Gasteiger partial charge in [-0.05, 0) is 44.2 Å². The number of benzene rings is 2. The first kappa shape index (κ1) is 16.8. The van der Waals surface area contributed by atoms with E-state index in [1.54, 1.807) is 44.2 Å². The van der Waals surface area contributed by atoms with Gasteiger partial charge in [-0.1, -0.05) is 29.8 Å². The third-order valence-electron chi connectivity index (χ3n) is 2.82. The topological polar surface area (TPSA) is 67.4 Å². The summed E-state index contributed by atoms with van der Waals surface area (Å²) in [5, 5.41) is 5.69. The van der Waals surface area contributed by atoms with Gasteiger partial charge in [0.15, 0.2) is 0 Å². The SMILES string of the molecule is CC(C)OC(=O)c1ccc(Cl)cc1NC(=O)Nc1ccccc1. The van der Waals surface area contributed by atoms with Gasteiger partial charge in [0.25, 0.3) is 0 Å². The molecule has 0 aromatic heterocycles. The molecule has 0 saturated carbocycles. The Labute approximate surface area is 139 Å². The molecule has 2 N–H and O–H groups in total. The maximum absolute atomic E-state index is 12.1. The normalized spacial score (nSPS) is 10.3. The zero-order valence-corrected chi connectivity index (χ0v) is 13.6. The molecule has 0 radical (unpaired) electrons. The number of urea groups is 1. The average Bonchev–Trinajstić information content (AvgIpc) is 2.47. The number of para-hydroxylation sites is 1. The molecule has 2 aromatic rings. The second-order valence-corrected chi connectivity index (χ2v) is 5.53. The first-order chi connectivity index (χ1) is 11.0. The maximum Gasteiger partial charge on any atom is 0.340 e. The monoisotopic (exact) mass is 332 g/mol. The molecule has 0 aliphatic rings. The molecule has 2 amide bonds. The molecule has 2 rings (SSSR count). The van der Waals surface area contributed by atoms with Crippen molar-refractivity contribution < 1.29 is 14.3 Å². The van der Waals surface area contributed by atoms with Crippen molar-refractivity contribution in [1.29, 1.82) is 0 Å². The van der Waals surface area contributed by atoms with Crippen molar-refractivity contribution in [2.45, 2.75) is 20.0 Å². The average molecular weight is 333 g/mol. The first-order valence-corrected chi connectivity index (χ1v) is 7.47. The number of carbonyl (C=O) groups excluding carboxylic acids is 2. The molecule has 0 bridgehead atoms. The summed E-state index contributed by atoms with van der Waals surface area (Å²) in [6.45, 7) is 3.51. The number of nitrogens with one attached hydrogen (secondary N) is 2. The summed E-state index contributed by atoms with van der Waals surface area (Å²) in [6, 6.07) is 13.1. The minimum absolute atomic E-state index is 0.242. The molecular formula is C17H17ClN2O3. The van der Waals surface area contributed by atoms with Crippen molar-refractivity contribution in [3.63, 3.8) is 0 Å². The molecule has 6 heteroatoms. The van der Waals surface area contributed by atoms with Crippen LogP contribution in [0, 0.1) is 0 Å². The van der Waals surface area contributed by atoms with Crippen LogP contribution in [0.2, 0.25) is 5.02 Å². The fraction of sp³-hybridized carbons (Fsp3) is 0.176. The highest BCUT2D eigenvalue weighted by Crippen LogP contribution is 2.22. The molecule has 0 aliphatic carbocycles. The highest BCUT2D eigenvalue weighted by atomic mass is 35.5. The number of hydrogen-bond acceptors (Lipinski definition) is 3. The van der Waals surface area contributed by atoms with Gasteiger partial charge in [0, 0.05) is 10.7 Å². The van der Waals surface area contributed by atoms with Gasteiger partial charge in [0.1, 0.15) is 0 Å². The number of esters is 1. The Bertz CT molecular complexity index is 702. The lowest BCUT2D eigenvalue weighted by Crippen LogP contribution is -2.22. The van der Waals surface area contributed by atoms with Gasteiger partial charge in [-0.3, -0.25) is 0 Å². The van der Waals surface area contributed by atoms with E-state index >= 15 is 0 Å². The highest BCUT2D eigenvalue weighted by molar-refractivity contribution is 6.31. The van der Waals surface area contributed by atoms with E-state index in [-0.39, 0.29) is 17.4 Å². The number of hydrogen-bond donors (Lipinski definition) is 2. The third kappa shape index (κ3) is 5.00. The van der Waals surface area contributed by atoms with E-state index in [2.05, 4.69) is 10.6 Å². The molecule has 0 saturated heterocycles. The van der Waals surface area contributed by atoms with Crippen LogP contribution in [0.15, 0.2) is 48.5 Å². The van der Waals surface area contributed by atoms with Crippen molar-refractivity contribution in [2.24, 2.45) is 0 Å². The molecule has 120 valence electrons. The Morgan fingerprint density at radius 3 is 2.39 bits per heavy atom. The summed E-state index contributed by atoms with van der Waals surface area (Å²) in [6.07, 6.45) is -0.260. The van der Waals surface area contributed by atoms with Gasteiger partial charge < -0.3 is 15.4 Å². The van der Waals surface area contributed by atoms with Crippen molar-refractivity contribution in [2.75, 3.05) is 10.6 Å². The summed E-state index contributed by atoms with van der Waals surface area (Å²) in [5.41, 5.74) is 1.17. The molecule has 5 nitrogen and oxygen atoms in total. The van der Waals surface area contributed by atoms with E-state index in [9.17, 15) is 9.59 Å². The number of carbonyl (C=O) groups is 2. The number of halogens is 1. The quantitative estimate of drug-likeness (QED) is 0.807. The number of amides is 2. The molecule has 0 fully saturated rings. The van der Waals surface area contributed by atoms with E-state index in [1.807, 2.05) is 6.07 Å². The first-order valence-electron chi connectivity index (χ1n) is 7.09. The van der Waals surface area contributed by atoms with Crippen LogP contribution in [0.1, 0.15) is 24.2 Å². The van der Waals surface area contributed by atoms with E-state index in [0.29, 0.717) is 10.7 Å². The number of rotatable bonds is 4. The predicted molar refractivity (Wildman–Crippen MR) is 91.1 cm³/mol. The van der Waals surface area contributed by atoms with Crippen LogP contribution in [0.4, 0.5) is 16.2 Å². The zero-order chi connectivity index (χ0) is 16.8. The molecule has 0 atom stereocenters. The fourth-order valence-corrected chi connectivity index (χ4v) is 2.05. The molecule has 0 heterocycles. The van der Waals surface area contributed by atoms with E-state index < -0.39 is 12.0 Å². The third-order valence-corrected chi connectivity index (χ3v) is 3.06. The molecule has 0 spiro atoms. The van der Waals surface area contributed by atoms with Crippen LogP contribution in [0.25, 0.3) is 0 Å². The van der Waals surface area contributed by atoms with Crippen LogP contribution >= 0.6 is 11.6 Å². The lowest BCUT2D eigenvalue weighted by atomic mass is 10.2. The van der Waals surface area contributed by atoms with E-state index in [4.69, 9.17) is 16.3 Å². The summed E-state index contributed by atoms with van der Waals surface area (Å²) in [4.78, 5) is 24.2. The molecule has 2 aromatic carbocycles. The smallest absolute Gasteiger partial charge is 0.340 e. The largest absolute Gasteiger partial charge is 0.459 e. The Balaban J connectivity index is 2.16. The lowest BCUT2D eigenvalue weighted by molar-refractivity contribution is 0.0379. The van der Waals surface area contributed by atoms with Crippen molar-refractivity contribution in [3.05, 3.63) is 59.1 Å². The van der Waals surface area contributed by atoms with Gasteiger partial charge in [0.2, 0.25) is 0 Å². The van der Waals surface area contributed by atoms with Crippen molar-refractivity contribution >= 4 is 35.0 Å². The van der Waals surface area contributed by atoms with Crippen LogP contribution in [-0.2, 0) is 4.74 Å². The summed E-state index contributed by atoms with van der Waals surface area (Å²) >= 11 is 5.95. The fourth-order valence-electron chi connectivity index (χ4n) is 1.88. The molecule has 23 heavy (non-hydrogen) atoms. The second-order valence-electron chi connectivity index (χ2n) is 5.09.